The first-order valence-corrected chi connectivity index (χ1v) is 9.51. The third kappa shape index (κ3) is 2.56. The van der Waals surface area contributed by atoms with E-state index in [2.05, 4.69) is 51.2 Å². The van der Waals surface area contributed by atoms with Gasteiger partial charge in [0.15, 0.2) is 0 Å². The highest BCUT2D eigenvalue weighted by molar-refractivity contribution is 8.04. The van der Waals surface area contributed by atoms with Crippen LogP contribution in [0.3, 0.4) is 0 Å². The number of aromatic nitrogens is 4. The molecule has 1 aliphatic rings. The van der Waals surface area contributed by atoms with Gasteiger partial charge in [0.2, 0.25) is 11.0 Å². The average Bonchev–Trinajstić information content (AvgIpc) is 3.22. The molecule has 1 aliphatic heterocycles. The van der Waals surface area contributed by atoms with E-state index in [9.17, 15) is 8.78 Å². The van der Waals surface area contributed by atoms with Crippen LogP contribution < -0.4 is 0 Å². The Balaban J connectivity index is 1.60. The van der Waals surface area contributed by atoms with E-state index in [1.807, 2.05) is 24.3 Å². The molecule has 5 rings (SSSR count). The van der Waals surface area contributed by atoms with Crippen molar-refractivity contribution >= 4 is 45.4 Å². The monoisotopic (exact) mass is 395 g/mol. The van der Waals surface area contributed by atoms with Gasteiger partial charge in [-0.1, -0.05) is 24.3 Å². The number of benzene rings is 2. The summed E-state index contributed by atoms with van der Waals surface area (Å²) in [5.41, 5.74) is 4.01. The number of halogens is 2. The van der Waals surface area contributed by atoms with E-state index in [0.717, 1.165) is 20.7 Å². The molecule has 0 bridgehead atoms. The normalized spacial score (nSPS) is 15.6. The van der Waals surface area contributed by atoms with Crippen molar-refractivity contribution < 1.29 is 8.78 Å². The maximum absolute atomic E-state index is 13.0. The zero-order valence-electron chi connectivity index (χ0n) is 15.1. The van der Waals surface area contributed by atoms with Crippen LogP contribution in [0.5, 0.6) is 0 Å². The molecule has 0 radical (unpaired) electrons. The zero-order valence-corrected chi connectivity index (χ0v) is 15.9. The molecule has 0 saturated carbocycles. The molecule has 2 aromatic carbocycles. The van der Waals surface area contributed by atoms with Gasteiger partial charge in [0, 0.05) is 33.8 Å². The fourth-order valence-corrected chi connectivity index (χ4v) is 4.39. The first-order chi connectivity index (χ1) is 13.5. The van der Waals surface area contributed by atoms with Gasteiger partial charge in [-0.05, 0) is 48.5 Å². The molecule has 8 heteroatoms. The lowest BCUT2D eigenvalue weighted by atomic mass is 10.1. The molecule has 0 fully saturated rings. The fourth-order valence-electron chi connectivity index (χ4n) is 3.50. The zero-order chi connectivity index (χ0) is 19.4. The van der Waals surface area contributed by atoms with E-state index in [1.165, 1.54) is 28.1 Å². The summed E-state index contributed by atoms with van der Waals surface area (Å²) >= 11 is 1.29. The molecule has 2 aromatic heterocycles. The van der Waals surface area contributed by atoms with Crippen molar-refractivity contribution in [3.8, 4) is 0 Å². The van der Waals surface area contributed by atoms with Crippen LogP contribution in [0.15, 0.2) is 57.6 Å². The van der Waals surface area contributed by atoms with E-state index in [-0.39, 0.29) is 0 Å². The van der Waals surface area contributed by atoms with Gasteiger partial charge in [-0.25, -0.2) is 8.78 Å². The van der Waals surface area contributed by atoms with Crippen molar-refractivity contribution in [1.82, 2.24) is 19.4 Å². The van der Waals surface area contributed by atoms with Gasteiger partial charge in [-0.15, -0.1) is 10.2 Å². The largest absolute Gasteiger partial charge is 0.344 e. The van der Waals surface area contributed by atoms with Gasteiger partial charge in [-0.2, -0.15) is 9.78 Å². The van der Waals surface area contributed by atoms with Gasteiger partial charge in [0.1, 0.15) is 0 Å². The fraction of sp³-hybridized carbons (Fsp3) is 0.150. The number of fused-ring (bicyclic) bond motifs is 4. The van der Waals surface area contributed by atoms with Crippen molar-refractivity contribution in [2.45, 2.75) is 18.5 Å². The number of alkyl halides is 2. The standard InChI is InChI=1S/C20H15F2N5S/c1-11-17(28-20-24-23-19(18(21)22)27(20)25-11)10-12-7-8-16-14(9-12)13-5-3-4-6-15(13)26(16)2/h3-10,18H,1-2H3. The summed E-state index contributed by atoms with van der Waals surface area (Å²) in [6.07, 6.45) is -0.706. The Bertz CT molecular complexity index is 1300. The molecular weight excluding hydrogens is 380 g/mol. The van der Waals surface area contributed by atoms with Crippen LogP contribution in [0, 0.1) is 0 Å². The van der Waals surface area contributed by atoms with E-state index in [0.29, 0.717) is 10.9 Å². The number of para-hydroxylation sites is 1. The predicted octanol–water partition coefficient (Wildman–Crippen LogP) is 5.23. The van der Waals surface area contributed by atoms with Crippen LogP contribution in [0.2, 0.25) is 0 Å². The molecule has 0 aliphatic carbocycles. The molecule has 3 heterocycles. The molecule has 140 valence electrons. The van der Waals surface area contributed by atoms with Crippen LogP contribution in [0.1, 0.15) is 24.7 Å². The van der Waals surface area contributed by atoms with Crippen LogP contribution in [0.4, 0.5) is 8.78 Å². The molecular formula is C20H15F2N5S. The Hall–Kier alpha value is -3.00. The second kappa shape index (κ2) is 6.27. The first-order valence-electron chi connectivity index (χ1n) is 8.69. The maximum atomic E-state index is 13.0. The van der Waals surface area contributed by atoms with Crippen molar-refractivity contribution in [2.24, 2.45) is 12.1 Å². The average molecular weight is 395 g/mol. The number of allylic oxidation sites excluding steroid dienone is 1. The molecule has 0 atom stereocenters. The highest BCUT2D eigenvalue weighted by atomic mass is 32.2. The number of rotatable bonds is 2. The minimum atomic E-state index is -2.71. The van der Waals surface area contributed by atoms with Gasteiger partial charge < -0.3 is 4.57 Å². The Kier molecular flexibility index (Phi) is 3.83. The van der Waals surface area contributed by atoms with Crippen molar-refractivity contribution in [2.75, 3.05) is 0 Å². The maximum Gasteiger partial charge on any atom is 0.299 e. The van der Waals surface area contributed by atoms with Gasteiger partial charge in [0.05, 0.1) is 5.71 Å². The quantitative estimate of drug-likeness (QED) is 0.467. The summed E-state index contributed by atoms with van der Waals surface area (Å²) in [6.45, 7) is 1.80. The second-order valence-electron chi connectivity index (χ2n) is 6.60. The third-order valence-corrected chi connectivity index (χ3v) is 5.94. The number of thioether (sulfide) groups is 1. The molecule has 0 amide bonds. The van der Waals surface area contributed by atoms with Crippen LogP contribution >= 0.6 is 11.8 Å². The highest BCUT2D eigenvalue weighted by Crippen LogP contribution is 2.35. The lowest BCUT2D eigenvalue weighted by Crippen LogP contribution is -2.09. The van der Waals surface area contributed by atoms with Crippen LogP contribution in [-0.2, 0) is 7.05 Å². The second-order valence-corrected chi connectivity index (χ2v) is 7.61. The molecule has 0 spiro atoms. The molecule has 0 saturated heterocycles. The topological polar surface area (TPSA) is 48.0 Å². The number of nitrogens with zero attached hydrogens (tertiary/aromatic N) is 5. The smallest absolute Gasteiger partial charge is 0.299 e. The number of hydrogen-bond donors (Lipinski definition) is 0. The number of aryl methyl sites for hydroxylation is 1. The predicted molar refractivity (Wildman–Crippen MR) is 108 cm³/mol. The Labute approximate surface area is 163 Å². The minimum absolute atomic E-state index is 0.346. The van der Waals surface area contributed by atoms with Crippen LogP contribution in [-0.4, -0.2) is 25.2 Å². The summed E-state index contributed by atoms with van der Waals surface area (Å²) in [6, 6.07) is 14.6. The molecule has 28 heavy (non-hydrogen) atoms. The SMILES string of the molecule is CC1=Nn2c(nnc2C(F)F)SC1=Cc1ccc2c(c1)c1ccccc1n2C. The summed E-state index contributed by atoms with van der Waals surface area (Å²) in [5.74, 6) is -0.432. The lowest BCUT2D eigenvalue weighted by molar-refractivity contribution is 0.135. The molecule has 0 unspecified atom stereocenters. The van der Waals surface area contributed by atoms with Gasteiger partial charge in [-0.3, -0.25) is 0 Å². The Morgan fingerprint density at radius 1 is 1.04 bits per heavy atom. The summed E-state index contributed by atoms with van der Waals surface area (Å²) in [5, 5.41) is 14.4. The van der Waals surface area contributed by atoms with Crippen molar-refractivity contribution in [3.63, 3.8) is 0 Å². The van der Waals surface area contributed by atoms with E-state index >= 15 is 0 Å². The van der Waals surface area contributed by atoms with Crippen molar-refractivity contribution in [1.29, 1.82) is 0 Å². The Morgan fingerprint density at radius 3 is 2.64 bits per heavy atom. The first kappa shape index (κ1) is 17.1. The molecule has 4 aromatic rings. The lowest BCUT2D eigenvalue weighted by Gasteiger charge is -2.14. The van der Waals surface area contributed by atoms with E-state index in [4.69, 9.17) is 0 Å². The third-order valence-electron chi connectivity index (χ3n) is 4.87. The minimum Gasteiger partial charge on any atom is -0.344 e. The van der Waals surface area contributed by atoms with E-state index < -0.39 is 12.2 Å². The summed E-state index contributed by atoms with van der Waals surface area (Å²) in [4.78, 5) is 0.861. The highest BCUT2D eigenvalue weighted by Gasteiger charge is 2.25. The van der Waals surface area contributed by atoms with E-state index in [1.54, 1.807) is 6.92 Å². The van der Waals surface area contributed by atoms with Gasteiger partial charge >= 0.3 is 0 Å². The Morgan fingerprint density at radius 2 is 1.82 bits per heavy atom. The van der Waals surface area contributed by atoms with Crippen LogP contribution in [0.25, 0.3) is 27.9 Å². The van der Waals surface area contributed by atoms with Gasteiger partial charge in [0.25, 0.3) is 6.43 Å². The molecule has 5 nitrogen and oxygen atoms in total. The summed E-state index contributed by atoms with van der Waals surface area (Å²) < 4.78 is 29.3. The summed E-state index contributed by atoms with van der Waals surface area (Å²) in [7, 11) is 2.06. The molecule has 0 N–H and O–H groups in total. The number of hydrogen-bond acceptors (Lipinski definition) is 4. The van der Waals surface area contributed by atoms with Crippen molar-refractivity contribution in [3.05, 3.63) is 58.8 Å².